The molecule has 1 rings (SSSR count). The first-order valence-electron chi connectivity index (χ1n) is 6.99. The molecule has 11 heteroatoms. The molecule has 1 aliphatic rings. The van der Waals surface area contributed by atoms with Crippen LogP contribution in [0.2, 0.25) is 0 Å². The molecule has 0 spiro atoms. The van der Waals surface area contributed by atoms with Gasteiger partial charge in [-0.15, -0.1) is 0 Å². The van der Waals surface area contributed by atoms with E-state index < -0.39 is 49.1 Å². The Balaban J connectivity index is 3.00. The van der Waals surface area contributed by atoms with Gasteiger partial charge < -0.3 is 24.4 Å². The lowest BCUT2D eigenvalue weighted by Gasteiger charge is -2.27. The van der Waals surface area contributed by atoms with E-state index in [1.165, 1.54) is 14.2 Å². The molecule has 1 unspecified atom stereocenters. The Labute approximate surface area is 138 Å². The van der Waals surface area contributed by atoms with Crippen LogP contribution < -0.4 is 5.32 Å². The highest BCUT2D eigenvalue weighted by atomic mass is 16.6. The average molecular weight is 347 g/mol. The molecule has 0 aliphatic carbocycles. The van der Waals surface area contributed by atoms with Gasteiger partial charge in [0.1, 0.15) is 24.9 Å². The van der Waals surface area contributed by atoms with Crippen LogP contribution in [0.5, 0.6) is 0 Å². The molecule has 0 aromatic heterocycles. The van der Waals surface area contributed by atoms with E-state index >= 15 is 0 Å². The molecule has 1 fully saturated rings. The summed E-state index contributed by atoms with van der Waals surface area (Å²) >= 11 is 0. The largest absolute Gasteiger partial charge is 0.468 e. The minimum Gasteiger partial charge on any atom is -0.468 e. The van der Waals surface area contributed by atoms with Gasteiger partial charge in [-0.1, -0.05) is 0 Å². The van der Waals surface area contributed by atoms with E-state index in [4.69, 9.17) is 9.47 Å². The number of esters is 1. The lowest BCUT2D eigenvalue weighted by molar-refractivity contribution is -0.138. The van der Waals surface area contributed by atoms with E-state index in [1.54, 1.807) is 0 Å². The summed E-state index contributed by atoms with van der Waals surface area (Å²) in [6.07, 6.45) is -3.38. The number of carbonyl (C=O) groups is 3. The van der Waals surface area contributed by atoms with Crippen LogP contribution in [0.15, 0.2) is 4.99 Å². The topological polar surface area (TPSA) is 147 Å². The maximum atomic E-state index is 12.2. The second-order valence-electron chi connectivity index (χ2n) is 4.86. The molecular weight excluding hydrogens is 326 g/mol. The number of imide groups is 1. The third kappa shape index (κ3) is 4.96. The smallest absolute Gasteiger partial charge is 0.331 e. The summed E-state index contributed by atoms with van der Waals surface area (Å²) in [5, 5.41) is 21.3. The molecule has 0 aromatic carbocycles. The van der Waals surface area contributed by atoms with Gasteiger partial charge in [0, 0.05) is 14.0 Å². The minimum absolute atomic E-state index is 0.364. The molecule has 4 atom stereocenters. The van der Waals surface area contributed by atoms with Crippen LogP contribution in [-0.4, -0.2) is 91.3 Å². The van der Waals surface area contributed by atoms with E-state index in [0.29, 0.717) is 0 Å². The summed E-state index contributed by atoms with van der Waals surface area (Å²) in [7, 11) is 2.47. The number of amides is 3. The first-order chi connectivity index (χ1) is 11.3. The number of aliphatic imine (C=N–C) groups is 1. The normalized spacial score (nSPS) is 26.4. The van der Waals surface area contributed by atoms with Crippen molar-refractivity contribution in [2.45, 2.75) is 31.5 Å². The van der Waals surface area contributed by atoms with Crippen molar-refractivity contribution in [3.8, 4) is 0 Å². The monoisotopic (exact) mass is 347 g/mol. The molecule has 0 bridgehead atoms. The van der Waals surface area contributed by atoms with E-state index in [2.05, 4.69) is 9.73 Å². The van der Waals surface area contributed by atoms with Crippen LogP contribution in [0.4, 0.5) is 4.79 Å². The van der Waals surface area contributed by atoms with Crippen molar-refractivity contribution in [3.63, 3.8) is 0 Å². The standard InChI is InChI=1S/C13H21N3O8/c1-7(18)15-13(21)16(6-14-4-9(19)22-2)12-11(23-3)10(20)8(5-17)24-12/h6,8,10-12,17,20H,4-5H2,1-3H3,(H,15,18,21)/t8-,10?,11+,12-/m1/s1. The maximum absolute atomic E-state index is 12.2. The number of rotatable bonds is 6. The Morgan fingerprint density at radius 3 is 2.54 bits per heavy atom. The van der Waals surface area contributed by atoms with Crippen molar-refractivity contribution < 1.29 is 38.8 Å². The van der Waals surface area contributed by atoms with Crippen molar-refractivity contribution >= 4 is 24.2 Å². The highest BCUT2D eigenvalue weighted by Crippen LogP contribution is 2.25. The van der Waals surface area contributed by atoms with Crippen LogP contribution in [0.3, 0.4) is 0 Å². The van der Waals surface area contributed by atoms with Crippen LogP contribution in [0, 0.1) is 0 Å². The molecule has 136 valence electrons. The molecule has 3 N–H and O–H groups in total. The Kier molecular flexibility index (Phi) is 7.71. The average Bonchev–Trinajstić information content (AvgIpc) is 2.85. The van der Waals surface area contributed by atoms with Gasteiger partial charge in [0.05, 0.1) is 20.1 Å². The number of aliphatic hydroxyl groups excluding tert-OH is 2. The molecule has 11 nitrogen and oxygen atoms in total. The molecule has 24 heavy (non-hydrogen) atoms. The second kappa shape index (κ2) is 9.27. The van der Waals surface area contributed by atoms with Crippen molar-refractivity contribution in [2.75, 3.05) is 27.4 Å². The van der Waals surface area contributed by atoms with Crippen molar-refractivity contribution in [2.24, 2.45) is 4.99 Å². The number of nitrogens with one attached hydrogen (secondary N) is 1. The van der Waals surface area contributed by atoms with Crippen LogP contribution in [0.1, 0.15) is 6.92 Å². The number of hydrogen-bond donors (Lipinski definition) is 3. The molecule has 1 aliphatic heterocycles. The van der Waals surface area contributed by atoms with Gasteiger partial charge in [0.2, 0.25) is 5.91 Å². The number of urea groups is 1. The summed E-state index contributed by atoms with van der Waals surface area (Å²) < 4.78 is 14.9. The van der Waals surface area contributed by atoms with Gasteiger partial charge in [-0.05, 0) is 0 Å². The summed E-state index contributed by atoms with van der Waals surface area (Å²) in [5.74, 6) is -1.26. The predicted molar refractivity (Wildman–Crippen MR) is 79.0 cm³/mol. The highest BCUT2D eigenvalue weighted by molar-refractivity contribution is 5.98. The Morgan fingerprint density at radius 1 is 1.38 bits per heavy atom. The minimum atomic E-state index is -1.20. The van der Waals surface area contributed by atoms with Gasteiger partial charge >= 0.3 is 12.0 Å². The number of ether oxygens (including phenoxy) is 3. The van der Waals surface area contributed by atoms with Crippen molar-refractivity contribution in [1.82, 2.24) is 10.2 Å². The lowest BCUT2D eigenvalue weighted by atomic mass is 10.1. The van der Waals surface area contributed by atoms with Gasteiger partial charge in [0.15, 0.2) is 6.23 Å². The fourth-order valence-corrected chi connectivity index (χ4v) is 2.06. The molecule has 1 saturated heterocycles. The van der Waals surface area contributed by atoms with Gasteiger partial charge in [-0.2, -0.15) is 0 Å². The molecule has 0 radical (unpaired) electrons. The van der Waals surface area contributed by atoms with Crippen LogP contribution in [-0.2, 0) is 23.8 Å². The summed E-state index contributed by atoms with van der Waals surface area (Å²) in [5.41, 5.74) is 0. The van der Waals surface area contributed by atoms with Gasteiger partial charge in [0.25, 0.3) is 0 Å². The summed E-state index contributed by atoms with van der Waals surface area (Å²) in [6, 6.07) is -0.894. The Hall–Kier alpha value is -2.08. The first kappa shape index (κ1) is 20.0. The maximum Gasteiger partial charge on any atom is 0.331 e. The van der Waals surface area contributed by atoms with Crippen LogP contribution in [0.25, 0.3) is 0 Å². The van der Waals surface area contributed by atoms with Gasteiger partial charge in [-0.25, -0.2) is 4.79 Å². The zero-order chi connectivity index (χ0) is 18.3. The lowest BCUT2D eigenvalue weighted by Crippen LogP contribution is -2.52. The zero-order valence-corrected chi connectivity index (χ0v) is 13.5. The SMILES string of the molecule is COC(=O)CN=CN(C(=O)NC(C)=O)[C@@H]1O[C@H](CO)C(O)[C@@H]1OC. The Morgan fingerprint density at radius 2 is 2.04 bits per heavy atom. The third-order valence-electron chi connectivity index (χ3n) is 3.21. The molecule has 0 saturated carbocycles. The fourth-order valence-electron chi connectivity index (χ4n) is 2.06. The number of nitrogens with zero attached hydrogens (tertiary/aromatic N) is 2. The molecular formula is C13H21N3O8. The van der Waals surface area contributed by atoms with E-state index in [1.807, 2.05) is 5.32 Å². The number of carbonyl (C=O) groups excluding carboxylic acids is 3. The van der Waals surface area contributed by atoms with Crippen molar-refractivity contribution in [1.29, 1.82) is 0 Å². The van der Waals surface area contributed by atoms with E-state index in [0.717, 1.165) is 18.2 Å². The number of hydrogen-bond acceptors (Lipinski definition) is 9. The summed E-state index contributed by atoms with van der Waals surface area (Å²) in [6.45, 7) is 0.270. The quantitative estimate of drug-likeness (QED) is 0.280. The number of methoxy groups -OCH3 is 2. The Bertz CT molecular complexity index is 498. The molecule has 1 heterocycles. The highest BCUT2D eigenvalue weighted by Gasteiger charge is 2.47. The van der Waals surface area contributed by atoms with E-state index in [9.17, 15) is 24.6 Å². The first-order valence-corrected chi connectivity index (χ1v) is 6.99. The third-order valence-corrected chi connectivity index (χ3v) is 3.21. The second-order valence-corrected chi connectivity index (χ2v) is 4.86. The molecule has 3 amide bonds. The van der Waals surface area contributed by atoms with E-state index in [-0.39, 0.29) is 6.54 Å². The predicted octanol–water partition coefficient (Wildman–Crippen LogP) is -2.16. The fraction of sp³-hybridized carbons (Fsp3) is 0.692. The van der Waals surface area contributed by atoms with Gasteiger partial charge in [-0.3, -0.25) is 24.8 Å². The van der Waals surface area contributed by atoms with Crippen LogP contribution >= 0.6 is 0 Å². The number of aliphatic hydroxyl groups is 2. The molecule has 0 aromatic rings. The van der Waals surface area contributed by atoms with Crippen molar-refractivity contribution in [3.05, 3.63) is 0 Å². The summed E-state index contributed by atoms with van der Waals surface area (Å²) in [4.78, 5) is 38.9. The zero-order valence-electron chi connectivity index (χ0n) is 13.5.